The number of terminal acetylenes is 1. The van der Waals surface area contributed by atoms with Crippen molar-refractivity contribution >= 4 is 0 Å². The summed E-state index contributed by atoms with van der Waals surface area (Å²) in [5.41, 5.74) is 2.09. The van der Waals surface area contributed by atoms with Crippen molar-refractivity contribution in [3.63, 3.8) is 0 Å². The summed E-state index contributed by atoms with van der Waals surface area (Å²) in [5, 5.41) is 7.60. The van der Waals surface area contributed by atoms with E-state index in [0.717, 1.165) is 24.5 Å². The molecule has 3 heteroatoms. The van der Waals surface area contributed by atoms with Gasteiger partial charge in [-0.1, -0.05) is 12.8 Å². The van der Waals surface area contributed by atoms with Gasteiger partial charge in [0.2, 0.25) is 0 Å². The van der Waals surface area contributed by atoms with Crippen molar-refractivity contribution in [1.82, 2.24) is 15.1 Å². The molecule has 0 aromatic carbocycles. The normalized spacial score (nSPS) is 12.4. The van der Waals surface area contributed by atoms with Crippen molar-refractivity contribution < 1.29 is 0 Å². The first-order chi connectivity index (χ1) is 6.72. The highest BCUT2D eigenvalue weighted by Crippen LogP contribution is 2.13. The van der Waals surface area contributed by atoms with Crippen LogP contribution in [0.15, 0.2) is 6.07 Å². The number of hydrogen-bond acceptors (Lipinski definition) is 2. The standard InChI is InChI=1S/C11H17N3/c1-5-10(12-6-2)11-8-9(4)13-14(11)7-3/h1,8,10,12H,6-7H2,2-4H3. The predicted molar refractivity (Wildman–Crippen MR) is 57.9 cm³/mol. The van der Waals surface area contributed by atoms with Crippen LogP contribution in [0.1, 0.15) is 31.3 Å². The first-order valence-corrected chi connectivity index (χ1v) is 4.96. The fraction of sp³-hybridized carbons (Fsp3) is 0.545. The Kier molecular flexibility index (Phi) is 3.73. The molecule has 0 amide bonds. The molecule has 14 heavy (non-hydrogen) atoms. The molecule has 0 aliphatic heterocycles. The molecule has 3 nitrogen and oxygen atoms in total. The molecule has 0 radical (unpaired) electrons. The Morgan fingerprint density at radius 1 is 1.64 bits per heavy atom. The zero-order chi connectivity index (χ0) is 10.6. The number of aryl methyl sites for hydroxylation is 2. The maximum absolute atomic E-state index is 5.47. The second-order valence-electron chi connectivity index (χ2n) is 3.18. The molecular formula is C11H17N3. The minimum atomic E-state index is -0.0267. The van der Waals surface area contributed by atoms with Gasteiger partial charge in [0.25, 0.3) is 0 Å². The Hall–Kier alpha value is -1.27. The summed E-state index contributed by atoms with van der Waals surface area (Å²) in [7, 11) is 0. The summed E-state index contributed by atoms with van der Waals surface area (Å²) in [4.78, 5) is 0. The molecule has 76 valence electrons. The molecule has 1 N–H and O–H groups in total. The van der Waals surface area contributed by atoms with Gasteiger partial charge in [-0.3, -0.25) is 10.00 Å². The fourth-order valence-electron chi connectivity index (χ4n) is 1.50. The molecule has 1 aromatic heterocycles. The summed E-state index contributed by atoms with van der Waals surface area (Å²) in [6.07, 6.45) is 5.47. The molecule has 0 bridgehead atoms. The lowest BCUT2D eigenvalue weighted by Gasteiger charge is -2.12. The average Bonchev–Trinajstić information content (AvgIpc) is 2.55. The largest absolute Gasteiger partial charge is 0.299 e. The van der Waals surface area contributed by atoms with Crippen LogP contribution in [0.4, 0.5) is 0 Å². The smallest absolute Gasteiger partial charge is 0.111 e. The molecule has 1 unspecified atom stereocenters. The van der Waals surface area contributed by atoms with E-state index in [0.29, 0.717) is 0 Å². The second kappa shape index (κ2) is 4.83. The zero-order valence-corrected chi connectivity index (χ0v) is 9.04. The number of aromatic nitrogens is 2. The maximum Gasteiger partial charge on any atom is 0.111 e. The minimum Gasteiger partial charge on any atom is -0.299 e. The lowest BCUT2D eigenvalue weighted by Crippen LogP contribution is -2.22. The van der Waals surface area contributed by atoms with Crippen LogP contribution in [-0.2, 0) is 6.54 Å². The fourth-order valence-corrected chi connectivity index (χ4v) is 1.50. The number of nitrogens with zero attached hydrogens (tertiary/aromatic N) is 2. The van der Waals surface area contributed by atoms with Crippen molar-refractivity contribution in [1.29, 1.82) is 0 Å². The quantitative estimate of drug-likeness (QED) is 0.731. The monoisotopic (exact) mass is 191 g/mol. The van der Waals surface area contributed by atoms with Crippen molar-refractivity contribution in [3.8, 4) is 12.3 Å². The summed E-state index contributed by atoms with van der Waals surface area (Å²) < 4.78 is 1.95. The van der Waals surface area contributed by atoms with Gasteiger partial charge in [-0.05, 0) is 26.5 Å². The molecule has 0 aliphatic carbocycles. The van der Waals surface area contributed by atoms with Gasteiger partial charge in [-0.25, -0.2) is 0 Å². The maximum atomic E-state index is 5.47. The Bertz CT molecular complexity index is 333. The van der Waals surface area contributed by atoms with Crippen LogP contribution in [0.2, 0.25) is 0 Å². The topological polar surface area (TPSA) is 29.9 Å². The first kappa shape index (κ1) is 10.8. The van der Waals surface area contributed by atoms with Crippen molar-refractivity contribution in [2.75, 3.05) is 6.54 Å². The molecule has 0 aliphatic rings. The minimum absolute atomic E-state index is 0.0267. The molecule has 0 saturated carbocycles. The van der Waals surface area contributed by atoms with E-state index in [-0.39, 0.29) is 6.04 Å². The summed E-state index contributed by atoms with van der Waals surface area (Å²) in [5.74, 6) is 2.74. The number of hydrogen-bond donors (Lipinski definition) is 1. The van der Waals surface area contributed by atoms with Crippen molar-refractivity contribution in [2.24, 2.45) is 0 Å². The molecule has 1 rings (SSSR count). The molecule has 0 saturated heterocycles. The Morgan fingerprint density at radius 2 is 2.36 bits per heavy atom. The SMILES string of the molecule is C#CC(NCC)c1cc(C)nn1CC. The highest BCUT2D eigenvalue weighted by Gasteiger charge is 2.12. The van der Waals surface area contributed by atoms with E-state index in [9.17, 15) is 0 Å². The van der Waals surface area contributed by atoms with E-state index >= 15 is 0 Å². The van der Waals surface area contributed by atoms with Gasteiger partial charge in [-0.15, -0.1) is 6.42 Å². The van der Waals surface area contributed by atoms with Crippen LogP contribution in [0, 0.1) is 19.3 Å². The summed E-state index contributed by atoms with van der Waals surface area (Å²) >= 11 is 0. The van der Waals surface area contributed by atoms with Crippen LogP contribution < -0.4 is 5.32 Å². The van der Waals surface area contributed by atoms with Gasteiger partial charge in [0.1, 0.15) is 6.04 Å². The van der Waals surface area contributed by atoms with Gasteiger partial charge < -0.3 is 0 Å². The van der Waals surface area contributed by atoms with E-state index in [1.165, 1.54) is 0 Å². The van der Waals surface area contributed by atoms with Gasteiger partial charge in [0, 0.05) is 6.54 Å². The molecule has 1 heterocycles. The van der Waals surface area contributed by atoms with Crippen LogP contribution in [-0.4, -0.2) is 16.3 Å². The highest BCUT2D eigenvalue weighted by atomic mass is 15.3. The average molecular weight is 191 g/mol. The zero-order valence-electron chi connectivity index (χ0n) is 9.04. The summed E-state index contributed by atoms with van der Waals surface area (Å²) in [6.45, 7) is 7.81. The molecule has 1 atom stereocenters. The van der Waals surface area contributed by atoms with Crippen LogP contribution in [0.3, 0.4) is 0 Å². The van der Waals surface area contributed by atoms with Gasteiger partial charge in [0.05, 0.1) is 11.4 Å². The third kappa shape index (κ3) is 2.15. The first-order valence-electron chi connectivity index (χ1n) is 4.96. The third-order valence-electron chi connectivity index (χ3n) is 2.10. The third-order valence-corrected chi connectivity index (χ3v) is 2.10. The van der Waals surface area contributed by atoms with Crippen LogP contribution >= 0.6 is 0 Å². The Labute approximate surface area is 85.5 Å². The van der Waals surface area contributed by atoms with Crippen molar-refractivity contribution in [2.45, 2.75) is 33.4 Å². The predicted octanol–water partition coefficient (Wildman–Crippen LogP) is 1.50. The van der Waals surface area contributed by atoms with Crippen LogP contribution in [0.25, 0.3) is 0 Å². The van der Waals surface area contributed by atoms with E-state index < -0.39 is 0 Å². The Morgan fingerprint density at radius 3 is 2.86 bits per heavy atom. The van der Waals surface area contributed by atoms with E-state index in [1.807, 2.05) is 24.6 Å². The van der Waals surface area contributed by atoms with E-state index in [1.54, 1.807) is 0 Å². The van der Waals surface area contributed by atoms with Gasteiger partial charge in [-0.2, -0.15) is 5.10 Å². The van der Waals surface area contributed by atoms with Crippen LogP contribution in [0.5, 0.6) is 0 Å². The van der Waals surface area contributed by atoms with Gasteiger partial charge >= 0.3 is 0 Å². The highest BCUT2D eigenvalue weighted by molar-refractivity contribution is 5.21. The second-order valence-corrected chi connectivity index (χ2v) is 3.18. The molecule has 0 spiro atoms. The molecule has 0 fully saturated rings. The number of nitrogens with one attached hydrogen (secondary N) is 1. The van der Waals surface area contributed by atoms with E-state index in [2.05, 4.69) is 23.3 Å². The lowest BCUT2D eigenvalue weighted by atomic mass is 10.2. The number of rotatable bonds is 4. The van der Waals surface area contributed by atoms with Crippen molar-refractivity contribution in [3.05, 3.63) is 17.5 Å². The lowest BCUT2D eigenvalue weighted by molar-refractivity contribution is 0.559. The van der Waals surface area contributed by atoms with Gasteiger partial charge in [0.15, 0.2) is 0 Å². The summed E-state index contributed by atoms with van der Waals surface area (Å²) in [6, 6.07) is 2.01. The molecular weight excluding hydrogens is 174 g/mol. The van der Waals surface area contributed by atoms with E-state index in [4.69, 9.17) is 6.42 Å². The Balaban J connectivity index is 2.97. The molecule has 1 aromatic rings.